The van der Waals surface area contributed by atoms with E-state index in [-0.39, 0.29) is 11.5 Å². The summed E-state index contributed by atoms with van der Waals surface area (Å²) in [5.41, 5.74) is 4.87. The first-order valence-corrected chi connectivity index (χ1v) is 10.5. The molecule has 2 N–H and O–H groups in total. The Morgan fingerprint density at radius 1 is 0.824 bits per heavy atom. The molecule has 0 atom stereocenters. The van der Waals surface area contributed by atoms with Gasteiger partial charge in [-0.1, -0.05) is 36.4 Å². The molecule has 10 heteroatoms. The maximum Gasteiger partial charge on any atom is 0.387 e. The summed E-state index contributed by atoms with van der Waals surface area (Å²) in [5.74, 6) is 0.632. The van der Waals surface area contributed by atoms with Gasteiger partial charge >= 0.3 is 13.2 Å². The lowest BCUT2D eigenvalue weighted by molar-refractivity contribution is -0.0505. The van der Waals surface area contributed by atoms with Gasteiger partial charge in [-0.05, 0) is 61.4 Å². The number of guanidine groups is 1. The summed E-state index contributed by atoms with van der Waals surface area (Å²) in [5, 5.41) is 7.42. The summed E-state index contributed by atoms with van der Waals surface area (Å²) in [6.45, 7) is -0.730. The molecule has 0 fully saturated rings. The molecule has 0 aromatic heterocycles. The summed E-state index contributed by atoms with van der Waals surface area (Å²) in [4.78, 5) is 4.28. The molecule has 34 heavy (non-hydrogen) atoms. The second-order valence-electron chi connectivity index (χ2n) is 6.56. The van der Waals surface area contributed by atoms with Crippen LogP contribution in [0.2, 0.25) is 0 Å². The highest BCUT2D eigenvalue weighted by Gasteiger charge is 2.04. The molecule has 0 aliphatic rings. The number of benzene rings is 2. The van der Waals surface area contributed by atoms with Gasteiger partial charge in [-0.2, -0.15) is 22.7 Å². The molecule has 0 spiro atoms. The van der Waals surface area contributed by atoms with E-state index in [0.29, 0.717) is 24.8 Å². The minimum Gasteiger partial charge on any atom is -0.435 e. The average Bonchev–Trinajstić information content (AvgIpc) is 2.80. The second kappa shape index (κ2) is 14.4. The number of nitrogens with one attached hydrogen (secondary N) is 2. The van der Waals surface area contributed by atoms with E-state index in [2.05, 4.69) is 30.3 Å². The molecule has 0 amide bonds. The first-order valence-electron chi connectivity index (χ1n) is 10.5. The van der Waals surface area contributed by atoms with Gasteiger partial charge in [0.05, 0.1) is 5.71 Å². The molecular formula is C24H26F4N4O2. The van der Waals surface area contributed by atoms with Crippen LogP contribution >= 0.6 is 0 Å². The minimum atomic E-state index is -2.89. The minimum absolute atomic E-state index is 0.0629. The van der Waals surface area contributed by atoms with Gasteiger partial charge in [0.25, 0.3) is 0 Å². The standard InChI is InChI=1S/C24H26F4N4O2/c1-3-29-24(30-4-2)32-31-19(11-5-17-7-13-20(14-8-17)33-22(25)26)12-6-18-9-15-21(16-10-18)34-23(27)28/h5-16,22-23H,3-4H2,1-2H3,(H2,29,30,32)/b11-5+,12-6+. The number of nitrogens with zero attached hydrogens (tertiary/aromatic N) is 2. The van der Waals surface area contributed by atoms with Crippen molar-refractivity contribution in [1.82, 2.24) is 10.7 Å². The normalized spacial score (nSPS) is 11.9. The van der Waals surface area contributed by atoms with Crippen LogP contribution in [0.1, 0.15) is 25.0 Å². The van der Waals surface area contributed by atoms with Crippen molar-refractivity contribution in [1.29, 1.82) is 0 Å². The zero-order valence-electron chi connectivity index (χ0n) is 18.7. The Morgan fingerprint density at radius 3 is 1.68 bits per heavy atom. The van der Waals surface area contributed by atoms with Gasteiger partial charge < -0.3 is 14.8 Å². The zero-order chi connectivity index (χ0) is 24.8. The van der Waals surface area contributed by atoms with Crippen molar-refractivity contribution >= 4 is 23.8 Å². The Kier molecular flexibility index (Phi) is 11.2. The highest BCUT2D eigenvalue weighted by molar-refractivity contribution is 6.09. The number of alkyl halides is 4. The van der Waals surface area contributed by atoms with Crippen molar-refractivity contribution in [2.24, 2.45) is 10.1 Å². The lowest BCUT2D eigenvalue weighted by Crippen LogP contribution is -2.34. The molecule has 2 rings (SSSR count). The lowest BCUT2D eigenvalue weighted by Gasteiger charge is -2.07. The molecule has 0 saturated carbocycles. The van der Waals surface area contributed by atoms with E-state index in [0.717, 1.165) is 11.1 Å². The number of allylic oxidation sites excluding steroid dienone is 2. The highest BCUT2D eigenvalue weighted by Crippen LogP contribution is 2.17. The molecule has 6 nitrogen and oxygen atoms in total. The Morgan fingerprint density at radius 2 is 1.29 bits per heavy atom. The molecule has 0 bridgehead atoms. The quantitative estimate of drug-likeness (QED) is 0.192. The van der Waals surface area contributed by atoms with Gasteiger partial charge in [0.15, 0.2) is 0 Å². The predicted molar refractivity (Wildman–Crippen MR) is 126 cm³/mol. The first-order chi connectivity index (χ1) is 16.4. The Bertz CT molecular complexity index is 924. The average molecular weight is 478 g/mol. The van der Waals surface area contributed by atoms with Crippen LogP contribution in [0, 0.1) is 0 Å². The van der Waals surface area contributed by atoms with Crippen LogP contribution in [-0.4, -0.2) is 38.0 Å². The summed E-state index contributed by atoms with van der Waals surface area (Å²) in [6, 6.07) is 12.3. The van der Waals surface area contributed by atoms with Crippen LogP contribution in [0.5, 0.6) is 11.5 Å². The maximum atomic E-state index is 12.3. The van der Waals surface area contributed by atoms with Crippen LogP contribution < -0.4 is 20.2 Å². The lowest BCUT2D eigenvalue weighted by atomic mass is 10.1. The Labute approximate surface area is 195 Å². The SMILES string of the molecule is CC/N=C(/NCC)NN=C(/C=C/c1ccc(OC(F)F)cc1)/C=C/c1ccc(OC(F)F)cc1. The fourth-order valence-electron chi connectivity index (χ4n) is 2.59. The van der Waals surface area contributed by atoms with E-state index in [1.165, 1.54) is 24.3 Å². The fraction of sp³-hybridized carbons (Fsp3) is 0.250. The van der Waals surface area contributed by atoms with Gasteiger partial charge in [-0.25, -0.2) is 5.43 Å². The van der Waals surface area contributed by atoms with Crippen LogP contribution in [0.4, 0.5) is 17.6 Å². The largest absolute Gasteiger partial charge is 0.435 e. The van der Waals surface area contributed by atoms with Crippen molar-refractivity contribution in [3.63, 3.8) is 0 Å². The van der Waals surface area contributed by atoms with E-state index < -0.39 is 13.2 Å². The molecule has 182 valence electrons. The molecule has 0 aliphatic carbocycles. The van der Waals surface area contributed by atoms with Crippen molar-refractivity contribution in [3.05, 3.63) is 71.8 Å². The van der Waals surface area contributed by atoms with Gasteiger partial charge in [-0.15, -0.1) is 0 Å². The molecule has 0 aliphatic heterocycles. The number of hydrogen-bond donors (Lipinski definition) is 2. The van der Waals surface area contributed by atoms with E-state index in [1.807, 2.05) is 13.8 Å². The van der Waals surface area contributed by atoms with E-state index in [4.69, 9.17) is 0 Å². The van der Waals surface area contributed by atoms with Gasteiger partial charge in [0.1, 0.15) is 11.5 Å². The third-order valence-corrected chi connectivity index (χ3v) is 4.05. The number of aliphatic imine (C=N–C) groups is 1. The number of rotatable bonds is 11. The van der Waals surface area contributed by atoms with Crippen molar-refractivity contribution in [3.8, 4) is 11.5 Å². The van der Waals surface area contributed by atoms with Gasteiger partial charge in [0.2, 0.25) is 5.96 Å². The van der Waals surface area contributed by atoms with Gasteiger partial charge in [0, 0.05) is 13.1 Å². The summed E-state index contributed by atoms with van der Waals surface area (Å²) >= 11 is 0. The third kappa shape index (κ3) is 10.2. The molecular weight excluding hydrogens is 452 g/mol. The monoisotopic (exact) mass is 478 g/mol. The van der Waals surface area contributed by atoms with Crippen molar-refractivity contribution < 1.29 is 27.0 Å². The van der Waals surface area contributed by atoms with Crippen LogP contribution in [0.15, 0.2) is 70.8 Å². The molecule has 0 radical (unpaired) electrons. The number of ether oxygens (including phenoxy) is 2. The topological polar surface area (TPSA) is 67.2 Å². The molecule has 2 aromatic carbocycles. The van der Waals surface area contributed by atoms with Crippen LogP contribution in [-0.2, 0) is 0 Å². The van der Waals surface area contributed by atoms with E-state index >= 15 is 0 Å². The Balaban J connectivity index is 2.21. The third-order valence-electron chi connectivity index (χ3n) is 4.05. The zero-order valence-corrected chi connectivity index (χ0v) is 18.7. The Hall–Kier alpha value is -3.82. The number of halogens is 4. The van der Waals surface area contributed by atoms with E-state index in [1.54, 1.807) is 48.6 Å². The second-order valence-corrected chi connectivity index (χ2v) is 6.56. The molecule has 0 saturated heterocycles. The first kappa shape index (κ1) is 26.4. The summed E-state index contributed by atoms with van der Waals surface area (Å²) in [7, 11) is 0. The predicted octanol–water partition coefficient (Wildman–Crippen LogP) is 5.55. The van der Waals surface area contributed by atoms with Crippen molar-refractivity contribution in [2.75, 3.05) is 13.1 Å². The molecule has 2 aromatic rings. The maximum absolute atomic E-state index is 12.3. The smallest absolute Gasteiger partial charge is 0.387 e. The molecule has 0 unspecified atom stereocenters. The molecule has 0 heterocycles. The fourth-order valence-corrected chi connectivity index (χ4v) is 2.59. The number of hydrogen-bond acceptors (Lipinski definition) is 4. The van der Waals surface area contributed by atoms with Crippen molar-refractivity contribution in [2.45, 2.75) is 27.1 Å². The summed E-state index contributed by atoms with van der Waals surface area (Å²) in [6.07, 6.45) is 6.94. The van der Waals surface area contributed by atoms with E-state index in [9.17, 15) is 17.6 Å². The summed E-state index contributed by atoms with van der Waals surface area (Å²) < 4.78 is 58.0. The van der Waals surface area contributed by atoms with Crippen LogP contribution in [0.3, 0.4) is 0 Å². The van der Waals surface area contributed by atoms with Crippen LogP contribution in [0.25, 0.3) is 12.2 Å². The number of hydrazone groups is 1. The van der Waals surface area contributed by atoms with Gasteiger partial charge in [-0.3, -0.25) is 4.99 Å². The highest BCUT2D eigenvalue weighted by atomic mass is 19.3.